The second kappa shape index (κ2) is 9.37. The SMILES string of the molecule is CCOc1ccc(-c2ccc3c(F)c(CCc4cc(F)c(C(F)(F)F)c(F)c4)ccc3c2)nc1. The Bertz CT molecular complexity index is 1310. The molecule has 4 rings (SSSR count). The van der Waals surface area contributed by atoms with Gasteiger partial charge in [-0.3, -0.25) is 4.98 Å². The van der Waals surface area contributed by atoms with E-state index in [-0.39, 0.29) is 18.4 Å². The van der Waals surface area contributed by atoms with Crippen molar-refractivity contribution in [3.63, 3.8) is 0 Å². The van der Waals surface area contributed by atoms with Gasteiger partial charge >= 0.3 is 6.18 Å². The predicted octanol–water partition coefficient (Wildman–Crippen LogP) is 7.52. The summed E-state index contributed by atoms with van der Waals surface area (Å²) in [5, 5.41) is 0.998. The molecule has 0 spiro atoms. The van der Waals surface area contributed by atoms with E-state index in [0.29, 0.717) is 46.5 Å². The molecule has 0 aliphatic carbocycles. The molecule has 0 unspecified atom stereocenters. The van der Waals surface area contributed by atoms with Crippen molar-refractivity contribution >= 4 is 10.8 Å². The van der Waals surface area contributed by atoms with E-state index in [0.717, 1.165) is 5.56 Å². The summed E-state index contributed by atoms with van der Waals surface area (Å²) in [5.74, 6) is -3.21. The summed E-state index contributed by atoms with van der Waals surface area (Å²) in [5.41, 5.74) is -0.134. The van der Waals surface area contributed by atoms with Crippen LogP contribution in [0.2, 0.25) is 0 Å². The van der Waals surface area contributed by atoms with E-state index in [1.165, 1.54) is 0 Å². The molecule has 0 radical (unpaired) electrons. The first-order valence-electron chi connectivity index (χ1n) is 10.5. The highest BCUT2D eigenvalue weighted by Crippen LogP contribution is 2.34. The van der Waals surface area contributed by atoms with Gasteiger partial charge in [-0.2, -0.15) is 13.2 Å². The number of aryl methyl sites for hydroxylation is 2. The molecule has 1 heterocycles. The largest absolute Gasteiger partial charge is 0.492 e. The fourth-order valence-corrected chi connectivity index (χ4v) is 3.81. The number of rotatable bonds is 6. The first-order chi connectivity index (χ1) is 16.2. The summed E-state index contributed by atoms with van der Waals surface area (Å²) in [6, 6.07) is 13.3. The van der Waals surface area contributed by atoms with Crippen molar-refractivity contribution in [1.82, 2.24) is 4.98 Å². The lowest BCUT2D eigenvalue weighted by Gasteiger charge is -2.12. The highest BCUT2D eigenvalue weighted by molar-refractivity contribution is 5.88. The molecule has 8 heteroatoms. The van der Waals surface area contributed by atoms with Crippen molar-refractivity contribution in [3.05, 3.63) is 94.9 Å². The highest BCUT2D eigenvalue weighted by Gasteiger charge is 2.37. The number of nitrogens with zero attached hydrogens (tertiary/aromatic N) is 1. The van der Waals surface area contributed by atoms with Gasteiger partial charge in [0.05, 0.1) is 18.5 Å². The molecule has 1 aromatic heterocycles. The Morgan fingerprint density at radius 3 is 2.21 bits per heavy atom. The van der Waals surface area contributed by atoms with E-state index < -0.39 is 29.2 Å². The minimum absolute atomic E-state index is 0.0134. The summed E-state index contributed by atoms with van der Waals surface area (Å²) in [6.07, 6.45) is -3.48. The fourth-order valence-electron chi connectivity index (χ4n) is 3.81. The summed E-state index contributed by atoms with van der Waals surface area (Å²) in [4.78, 5) is 4.36. The Kier molecular flexibility index (Phi) is 6.50. The van der Waals surface area contributed by atoms with Gasteiger partial charge in [0.15, 0.2) is 0 Å². The number of hydrogen-bond donors (Lipinski definition) is 0. The van der Waals surface area contributed by atoms with Crippen LogP contribution in [-0.2, 0) is 19.0 Å². The van der Waals surface area contributed by atoms with Gasteiger partial charge in [-0.05, 0) is 66.6 Å². The number of fused-ring (bicyclic) bond motifs is 1. The third kappa shape index (κ3) is 4.85. The normalized spacial score (nSPS) is 11.7. The van der Waals surface area contributed by atoms with Crippen molar-refractivity contribution < 1.29 is 31.1 Å². The predicted molar refractivity (Wildman–Crippen MR) is 117 cm³/mol. The standard InChI is InChI=1S/C26H19F6NO/c1-2-34-19-8-10-23(33-14-19)18-7-9-20-17(13-18)6-5-16(25(20)29)4-3-15-11-21(27)24(22(28)12-15)26(30,31)32/h5-14H,2-4H2,1H3. The van der Waals surface area contributed by atoms with Crippen molar-refractivity contribution in [3.8, 4) is 17.0 Å². The van der Waals surface area contributed by atoms with E-state index in [1.54, 1.807) is 48.7 Å². The number of alkyl halides is 3. The van der Waals surface area contributed by atoms with Crippen LogP contribution in [0.15, 0.2) is 60.8 Å². The van der Waals surface area contributed by atoms with E-state index in [1.807, 2.05) is 6.92 Å². The molecule has 3 aromatic carbocycles. The Balaban J connectivity index is 1.55. The van der Waals surface area contributed by atoms with Crippen molar-refractivity contribution in [2.45, 2.75) is 25.9 Å². The van der Waals surface area contributed by atoms with Crippen LogP contribution in [0.3, 0.4) is 0 Å². The van der Waals surface area contributed by atoms with Crippen molar-refractivity contribution in [2.75, 3.05) is 6.61 Å². The molecule has 2 nitrogen and oxygen atoms in total. The number of halogens is 6. The van der Waals surface area contributed by atoms with Gasteiger partial charge in [-0.1, -0.05) is 24.3 Å². The van der Waals surface area contributed by atoms with Gasteiger partial charge < -0.3 is 4.74 Å². The zero-order valence-electron chi connectivity index (χ0n) is 18.0. The number of ether oxygens (including phenoxy) is 1. The summed E-state index contributed by atoms with van der Waals surface area (Å²) in [6.45, 7) is 2.40. The van der Waals surface area contributed by atoms with Gasteiger partial charge in [0.25, 0.3) is 0 Å². The monoisotopic (exact) mass is 475 g/mol. The smallest absolute Gasteiger partial charge is 0.422 e. The average molecular weight is 475 g/mol. The molecule has 0 aliphatic heterocycles. The molecule has 0 atom stereocenters. The van der Waals surface area contributed by atoms with Gasteiger partial charge in [0.2, 0.25) is 0 Å². The second-order valence-corrected chi connectivity index (χ2v) is 7.72. The number of pyridine rings is 1. The van der Waals surface area contributed by atoms with Crippen LogP contribution < -0.4 is 4.74 Å². The van der Waals surface area contributed by atoms with Gasteiger partial charge in [0, 0.05) is 10.9 Å². The zero-order chi connectivity index (χ0) is 24.5. The Hall–Kier alpha value is -3.55. The minimum Gasteiger partial charge on any atom is -0.492 e. The lowest BCUT2D eigenvalue weighted by atomic mass is 9.97. The summed E-state index contributed by atoms with van der Waals surface area (Å²) >= 11 is 0. The van der Waals surface area contributed by atoms with Gasteiger partial charge in [0.1, 0.15) is 28.8 Å². The Labute approximate surface area is 191 Å². The van der Waals surface area contributed by atoms with E-state index in [4.69, 9.17) is 4.74 Å². The molecule has 0 N–H and O–H groups in total. The maximum Gasteiger partial charge on any atom is 0.422 e. The van der Waals surface area contributed by atoms with Crippen LogP contribution in [0.25, 0.3) is 22.0 Å². The fraction of sp³-hybridized carbons (Fsp3) is 0.192. The van der Waals surface area contributed by atoms with E-state index in [2.05, 4.69) is 4.98 Å². The first-order valence-corrected chi connectivity index (χ1v) is 10.5. The summed E-state index contributed by atoms with van der Waals surface area (Å²) in [7, 11) is 0. The van der Waals surface area contributed by atoms with Crippen LogP contribution in [-0.4, -0.2) is 11.6 Å². The van der Waals surface area contributed by atoms with Crippen LogP contribution in [0.5, 0.6) is 5.75 Å². The average Bonchev–Trinajstić information content (AvgIpc) is 2.78. The lowest BCUT2D eigenvalue weighted by molar-refractivity contribution is -0.142. The molecule has 0 amide bonds. The molecule has 0 saturated carbocycles. The minimum atomic E-state index is -5.13. The third-order valence-electron chi connectivity index (χ3n) is 5.45. The topological polar surface area (TPSA) is 22.1 Å². The van der Waals surface area contributed by atoms with Crippen molar-refractivity contribution in [1.29, 1.82) is 0 Å². The van der Waals surface area contributed by atoms with Gasteiger partial charge in [-0.25, -0.2) is 13.2 Å². The number of aromatic nitrogens is 1. The second-order valence-electron chi connectivity index (χ2n) is 7.72. The summed E-state index contributed by atoms with van der Waals surface area (Å²) < 4.78 is 86.3. The molecule has 0 saturated heterocycles. The van der Waals surface area contributed by atoms with E-state index >= 15 is 4.39 Å². The molecule has 0 aliphatic rings. The molecular weight excluding hydrogens is 456 g/mol. The Morgan fingerprint density at radius 1 is 0.853 bits per heavy atom. The van der Waals surface area contributed by atoms with Gasteiger partial charge in [-0.15, -0.1) is 0 Å². The maximum atomic E-state index is 15.1. The van der Waals surface area contributed by atoms with Crippen molar-refractivity contribution in [2.24, 2.45) is 0 Å². The van der Waals surface area contributed by atoms with E-state index in [9.17, 15) is 22.0 Å². The first kappa shape index (κ1) is 23.6. The molecule has 0 bridgehead atoms. The van der Waals surface area contributed by atoms with Crippen LogP contribution in [0, 0.1) is 17.5 Å². The number of hydrogen-bond acceptors (Lipinski definition) is 2. The zero-order valence-corrected chi connectivity index (χ0v) is 18.0. The highest BCUT2D eigenvalue weighted by atomic mass is 19.4. The maximum absolute atomic E-state index is 15.1. The molecule has 176 valence electrons. The molecule has 34 heavy (non-hydrogen) atoms. The third-order valence-corrected chi connectivity index (χ3v) is 5.45. The Morgan fingerprint density at radius 2 is 1.59 bits per heavy atom. The van der Waals surface area contributed by atoms with Crippen LogP contribution >= 0.6 is 0 Å². The van der Waals surface area contributed by atoms with Crippen LogP contribution in [0.1, 0.15) is 23.6 Å². The van der Waals surface area contributed by atoms with Crippen LogP contribution in [0.4, 0.5) is 26.3 Å². The quantitative estimate of drug-likeness (QED) is 0.269. The molecule has 4 aromatic rings. The number of benzene rings is 3. The molecular formula is C26H19F6NO. The lowest BCUT2D eigenvalue weighted by Crippen LogP contribution is -2.12. The molecule has 0 fully saturated rings.